The van der Waals surface area contributed by atoms with Gasteiger partial charge in [0.25, 0.3) is 0 Å². The van der Waals surface area contributed by atoms with Gasteiger partial charge in [-0.2, -0.15) is 0 Å². The summed E-state index contributed by atoms with van der Waals surface area (Å²) in [6, 6.07) is 0. The van der Waals surface area contributed by atoms with E-state index in [0.717, 1.165) is 38.5 Å². The van der Waals surface area contributed by atoms with Gasteiger partial charge in [0.15, 0.2) is 31.5 Å². The molecule has 0 aromatic rings. The van der Waals surface area contributed by atoms with Gasteiger partial charge in [-0.1, -0.05) is 123 Å². The quantitative estimate of drug-likeness (QED) is 0.0346. The molecule has 122 heavy (non-hydrogen) atoms. The van der Waals surface area contributed by atoms with Crippen LogP contribution in [0.4, 0.5) is 0 Å². The minimum Gasteiger partial charge on any atom is -0.394 e. The van der Waals surface area contributed by atoms with Gasteiger partial charge in [0.2, 0.25) is 0 Å². The summed E-state index contributed by atoms with van der Waals surface area (Å²) in [6.07, 6.45) is -42.6. The number of aliphatic hydroxyl groups is 28. The highest BCUT2D eigenvalue weighted by Gasteiger charge is 2.54. The average Bonchev–Trinajstić information content (AvgIpc) is 0.821. The van der Waals surface area contributed by atoms with Crippen LogP contribution < -0.4 is 0 Å². The zero-order valence-electron chi connectivity index (χ0n) is 73.6. The first-order valence-corrected chi connectivity index (χ1v) is 42.5. The summed E-state index contributed by atoms with van der Waals surface area (Å²) < 4.78 is 71.3. The Balaban J connectivity index is 0.000000336. The van der Waals surface area contributed by atoms with Gasteiger partial charge in [0.05, 0.1) is 83.9 Å². The number of hydrogen-bond acceptors (Lipinski definition) is 41. The van der Waals surface area contributed by atoms with Gasteiger partial charge < -0.3 is 205 Å². The lowest BCUT2D eigenvalue weighted by Crippen LogP contribution is -2.65. The minimum atomic E-state index is -1.82. The molecule has 41 heteroatoms. The zero-order chi connectivity index (χ0) is 92.9. The number of ether oxygens (including phenoxy) is 13. The summed E-state index contributed by atoms with van der Waals surface area (Å²) in [6.45, 7) is 29.8. The lowest BCUT2D eigenvalue weighted by Gasteiger charge is -2.46. The van der Waals surface area contributed by atoms with Crippen LogP contribution in [-0.4, -0.2) is 448 Å². The van der Waals surface area contributed by atoms with Crippen molar-refractivity contribution in [1.82, 2.24) is 0 Å². The molecule has 8 saturated heterocycles. The third-order valence-corrected chi connectivity index (χ3v) is 22.4. The van der Waals surface area contributed by atoms with Crippen molar-refractivity contribution >= 4 is 0 Å². The van der Waals surface area contributed by atoms with Gasteiger partial charge in [-0.15, -0.1) is 0 Å². The second-order valence-electron chi connectivity index (χ2n) is 39.2. The summed E-state index contributed by atoms with van der Waals surface area (Å²) in [4.78, 5) is 0. The standard InChI is InChI=1S/C24H44O16.C18H34O11.2C13H26O5.C13H26O4/c1-24(2,3)4-5-35-22-19(34)20(40-23-18(33)16(31)13(28)10(7-26)38-23)14(29)11(39-22)8-36-21-17(32)15(30)12(27)9(6-25)37-21;1-18(2,3)4-5-26-16-14(24)13(23)11(21)9(29-16)7-27-17-15(25)12(22)10(20)8(6-19)28-17;2*1-13(2,3)6-4-5-8-10(15)12(17)11(16)9(7-14)18-8;1-8-10(14)12(16)11(15)9(17-8)6-5-7-13(2,3)4/h9-23,25-34H,4-8H2,1-3H3;8-17,19-25H,4-7H2,1-3H3;2*8-12,14-17H,4-7H2,1-3H3;8-12,14-16H,5-7H2,1-4H3/t9-,10-,11-,12-,13-,14-,15+,16+,17+,18+,19+,20+,21+,22+,23-;8-,9-,10-,11-,12+,13+,14+,15+,16+,17+;8-,9-,10+,11-,12-;8-,9-,10-,11-,12-;8-,9-,10+,11+,12+/m11110/s1. The van der Waals surface area contributed by atoms with E-state index in [1.807, 2.05) is 41.5 Å². The molecule has 40 atom stereocenters. The van der Waals surface area contributed by atoms with Crippen LogP contribution >= 0.6 is 0 Å². The Morgan fingerprint density at radius 2 is 0.434 bits per heavy atom. The molecule has 41 nitrogen and oxygen atoms in total. The van der Waals surface area contributed by atoms with Crippen LogP contribution in [0.1, 0.15) is 181 Å². The van der Waals surface area contributed by atoms with Gasteiger partial charge in [0.1, 0.15) is 189 Å². The van der Waals surface area contributed by atoms with Gasteiger partial charge in [0, 0.05) is 0 Å². The van der Waals surface area contributed by atoms with Crippen molar-refractivity contribution in [3.8, 4) is 0 Å². The highest BCUT2D eigenvalue weighted by atomic mass is 16.8. The fourth-order valence-electron chi connectivity index (χ4n) is 14.3. The van der Waals surface area contributed by atoms with Gasteiger partial charge in [-0.3, -0.25) is 0 Å². The highest BCUT2D eigenvalue weighted by molar-refractivity contribution is 4.99. The smallest absolute Gasteiger partial charge is 0.187 e. The van der Waals surface area contributed by atoms with Crippen molar-refractivity contribution in [2.75, 3.05) is 59.5 Å². The SMILES string of the molecule is CC(C)(C)CCC[C@H]1O[C@H](CO)[C@@H](O)[C@H](O)[C@@H]1O.CC(C)(C)CCC[C@H]1O[C@H](CO)[C@@H](O)[C@H](O)[C@H]1O.CC(C)(C)CCO[C@H]1O[C@H](CO[C@H]2O[C@H](CO)[C@@H](O)[C@H](O)[C@@H]2O)[C@@H](O)[C@H](O)[C@@H]1O.CC(C)(C)CCO[C@H]1O[C@H](CO[C@H]2O[C@H](CO)[C@@H](O)[C@H](O)[C@@H]2O)[C@@H](O)[C@H](O[C@H]2O[C@H](CO)[C@@H](O)[C@H](O)[C@@H]2O)[C@@H]1O.C[C@@H]1O[C@@H](CCCC(C)(C)C)[C@@H](O)[C@H](O)[C@@H]1O. The normalized spacial score (nSPS) is 42.5. The van der Waals surface area contributed by atoms with Crippen molar-refractivity contribution < 1.29 is 205 Å². The Labute approximate surface area is 715 Å². The molecule has 0 unspecified atom stereocenters. The first-order chi connectivity index (χ1) is 56.4. The molecule has 8 aliphatic heterocycles. The van der Waals surface area contributed by atoms with E-state index in [1.54, 1.807) is 6.92 Å². The molecule has 0 aliphatic carbocycles. The maximum absolute atomic E-state index is 11.0. The fraction of sp³-hybridized carbons (Fsp3) is 1.00. The lowest BCUT2D eigenvalue weighted by atomic mass is 9.87. The van der Waals surface area contributed by atoms with Crippen molar-refractivity contribution in [3.05, 3.63) is 0 Å². The molecule has 0 radical (unpaired) electrons. The Kier molecular flexibility index (Phi) is 47.0. The molecule has 0 spiro atoms. The summed E-state index contributed by atoms with van der Waals surface area (Å²) in [7, 11) is 0. The van der Waals surface area contributed by atoms with Crippen molar-refractivity contribution in [2.24, 2.45) is 27.1 Å². The molecule has 0 aromatic heterocycles. The Morgan fingerprint density at radius 3 is 0.738 bits per heavy atom. The molecule has 0 amide bonds. The predicted molar refractivity (Wildman–Crippen MR) is 425 cm³/mol. The second-order valence-corrected chi connectivity index (χ2v) is 39.2. The first kappa shape index (κ1) is 113. The maximum Gasteiger partial charge on any atom is 0.187 e. The average molecular weight is 1790 g/mol. The van der Waals surface area contributed by atoms with Gasteiger partial charge in [-0.25, -0.2) is 0 Å². The van der Waals surface area contributed by atoms with Gasteiger partial charge >= 0.3 is 0 Å². The van der Waals surface area contributed by atoms with E-state index >= 15 is 0 Å². The Bertz CT molecular complexity index is 2750. The van der Waals surface area contributed by atoms with E-state index in [2.05, 4.69) is 62.3 Å². The minimum absolute atomic E-state index is 0.0105. The predicted octanol–water partition coefficient (Wildman–Crippen LogP) is -6.89. The summed E-state index contributed by atoms with van der Waals surface area (Å²) in [5, 5.41) is 276. The third kappa shape index (κ3) is 34.5. The molecule has 28 N–H and O–H groups in total. The molecule has 8 aliphatic rings. The van der Waals surface area contributed by atoms with Crippen LogP contribution in [0.3, 0.4) is 0 Å². The van der Waals surface area contributed by atoms with Crippen molar-refractivity contribution in [3.63, 3.8) is 0 Å². The molecule has 8 rings (SSSR count). The van der Waals surface area contributed by atoms with Gasteiger partial charge in [-0.05, 0) is 85.4 Å². The highest BCUT2D eigenvalue weighted by Crippen LogP contribution is 2.36. The largest absolute Gasteiger partial charge is 0.394 e. The zero-order valence-corrected chi connectivity index (χ0v) is 73.6. The molecular weight excluding hydrogens is 1630 g/mol. The van der Waals surface area contributed by atoms with E-state index in [-0.39, 0.29) is 66.2 Å². The third-order valence-electron chi connectivity index (χ3n) is 22.4. The fourth-order valence-corrected chi connectivity index (χ4v) is 14.3. The van der Waals surface area contributed by atoms with Crippen LogP contribution in [-0.2, 0) is 61.6 Å². The lowest BCUT2D eigenvalue weighted by molar-refractivity contribution is -0.366. The van der Waals surface area contributed by atoms with Crippen LogP contribution in [0.15, 0.2) is 0 Å². The summed E-state index contributed by atoms with van der Waals surface area (Å²) in [5.41, 5.74) is 0.561. The second kappa shape index (κ2) is 50.8. The van der Waals surface area contributed by atoms with E-state index in [1.165, 1.54) is 0 Å². The van der Waals surface area contributed by atoms with Crippen LogP contribution in [0, 0.1) is 27.1 Å². The van der Waals surface area contributed by atoms with E-state index in [0.29, 0.717) is 32.1 Å². The van der Waals surface area contributed by atoms with Crippen LogP contribution in [0.25, 0.3) is 0 Å². The van der Waals surface area contributed by atoms with E-state index < -0.39 is 265 Å². The van der Waals surface area contributed by atoms with Crippen LogP contribution in [0.2, 0.25) is 0 Å². The molecule has 8 fully saturated rings. The van der Waals surface area contributed by atoms with Crippen molar-refractivity contribution in [2.45, 2.75) is 426 Å². The Morgan fingerprint density at radius 1 is 0.213 bits per heavy atom. The molecule has 0 saturated carbocycles. The van der Waals surface area contributed by atoms with E-state index in [4.69, 9.17) is 71.8 Å². The number of aliphatic hydroxyl groups excluding tert-OH is 28. The molecule has 8 heterocycles. The van der Waals surface area contributed by atoms with E-state index in [9.17, 15) is 133 Å². The molecule has 0 aromatic carbocycles. The molecule has 0 bridgehead atoms. The summed E-state index contributed by atoms with van der Waals surface area (Å²) >= 11 is 0. The maximum atomic E-state index is 11.0. The number of rotatable bonds is 28. The molecular formula is C81H156O41. The number of hydrogen-bond donors (Lipinski definition) is 28. The topological polar surface area (TPSA) is 686 Å². The Hall–Kier alpha value is -1.64. The van der Waals surface area contributed by atoms with Crippen LogP contribution in [0.5, 0.6) is 0 Å². The molecule has 726 valence electrons. The monoisotopic (exact) mass is 1790 g/mol. The van der Waals surface area contributed by atoms with Crippen molar-refractivity contribution in [1.29, 1.82) is 0 Å². The first-order valence-electron chi connectivity index (χ1n) is 42.5. The summed E-state index contributed by atoms with van der Waals surface area (Å²) in [5.74, 6) is 0.